The fourth-order valence-corrected chi connectivity index (χ4v) is 2.62. The number of benzene rings is 1. The number of carbonyl (C=O) groups is 1. The van der Waals surface area contributed by atoms with Crippen molar-refractivity contribution in [3.8, 4) is 0 Å². The molecule has 1 heteroatoms. The van der Waals surface area contributed by atoms with E-state index in [1.54, 1.807) is 0 Å². The minimum atomic E-state index is 0.302. The molecule has 21 heavy (non-hydrogen) atoms. The minimum Gasteiger partial charge on any atom is -0.294 e. The lowest BCUT2D eigenvalue weighted by atomic mass is 9.98. The predicted molar refractivity (Wildman–Crippen MR) is 92.1 cm³/mol. The Bertz CT molecular complexity index is 389. The van der Waals surface area contributed by atoms with Crippen molar-refractivity contribution in [1.82, 2.24) is 0 Å². The Morgan fingerprint density at radius 2 is 1.38 bits per heavy atom. The van der Waals surface area contributed by atoms with E-state index in [9.17, 15) is 4.79 Å². The van der Waals surface area contributed by atoms with Gasteiger partial charge >= 0.3 is 0 Å². The molecule has 0 fully saturated rings. The van der Waals surface area contributed by atoms with Crippen LogP contribution < -0.4 is 0 Å². The molecule has 1 aromatic rings. The summed E-state index contributed by atoms with van der Waals surface area (Å²) in [7, 11) is 0. The molecule has 0 radical (unpaired) electrons. The summed E-state index contributed by atoms with van der Waals surface area (Å²) in [4.78, 5) is 12.1. The van der Waals surface area contributed by atoms with Crippen molar-refractivity contribution in [1.29, 1.82) is 0 Å². The van der Waals surface area contributed by atoms with Crippen molar-refractivity contribution in [3.05, 3.63) is 35.4 Å². The number of Topliss-reactive ketones (excluding diaryl/α,β-unsaturated/α-hetero) is 1. The molecule has 0 N–H and O–H groups in total. The summed E-state index contributed by atoms with van der Waals surface area (Å²) in [5.74, 6) is 0.832. The van der Waals surface area contributed by atoms with Gasteiger partial charge in [-0.2, -0.15) is 0 Å². The van der Waals surface area contributed by atoms with E-state index in [0.29, 0.717) is 18.1 Å². The van der Waals surface area contributed by atoms with Crippen molar-refractivity contribution in [2.45, 2.75) is 84.5 Å². The monoisotopic (exact) mass is 288 g/mol. The second-order valence-electron chi connectivity index (χ2n) is 6.42. The predicted octanol–water partition coefficient (Wildman–Crippen LogP) is 6.52. The van der Waals surface area contributed by atoms with Gasteiger partial charge in [-0.25, -0.2) is 0 Å². The van der Waals surface area contributed by atoms with Crippen LogP contribution in [0.25, 0.3) is 0 Å². The van der Waals surface area contributed by atoms with Crippen molar-refractivity contribution < 1.29 is 4.79 Å². The van der Waals surface area contributed by atoms with Crippen LogP contribution in [-0.4, -0.2) is 5.78 Å². The second kappa shape index (κ2) is 10.6. The lowest BCUT2D eigenvalue weighted by Gasteiger charge is -2.06. The molecule has 118 valence electrons. The molecule has 0 aliphatic rings. The molecule has 0 saturated heterocycles. The van der Waals surface area contributed by atoms with Crippen LogP contribution in [0, 0.1) is 0 Å². The van der Waals surface area contributed by atoms with Crippen LogP contribution in [0.15, 0.2) is 24.3 Å². The third kappa shape index (κ3) is 7.45. The van der Waals surface area contributed by atoms with Crippen LogP contribution in [0.5, 0.6) is 0 Å². The molecular weight excluding hydrogens is 256 g/mol. The first-order chi connectivity index (χ1) is 10.1. The van der Waals surface area contributed by atoms with E-state index in [4.69, 9.17) is 0 Å². The molecule has 0 heterocycles. The fourth-order valence-electron chi connectivity index (χ4n) is 2.62. The number of hydrogen-bond acceptors (Lipinski definition) is 1. The Morgan fingerprint density at radius 1 is 0.857 bits per heavy atom. The van der Waals surface area contributed by atoms with E-state index in [2.05, 4.69) is 32.9 Å². The lowest BCUT2D eigenvalue weighted by Crippen LogP contribution is -1.99. The highest BCUT2D eigenvalue weighted by Gasteiger charge is 2.06. The third-order valence-corrected chi connectivity index (χ3v) is 4.16. The fraction of sp³-hybridized carbons (Fsp3) is 0.650. The summed E-state index contributed by atoms with van der Waals surface area (Å²) in [5.41, 5.74) is 2.18. The van der Waals surface area contributed by atoms with Gasteiger partial charge in [0.25, 0.3) is 0 Å². The van der Waals surface area contributed by atoms with Crippen LogP contribution in [0.3, 0.4) is 0 Å². The molecular formula is C20H32O. The van der Waals surface area contributed by atoms with E-state index in [1.165, 1.54) is 50.5 Å². The van der Waals surface area contributed by atoms with E-state index in [0.717, 1.165) is 12.0 Å². The van der Waals surface area contributed by atoms with Gasteiger partial charge in [0.15, 0.2) is 5.78 Å². The first kappa shape index (κ1) is 17.9. The molecule has 0 amide bonds. The second-order valence-corrected chi connectivity index (χ2v) is 6.42. The topological polar surface area (TPSA) is 17.1 Å². The van der Waals surface area contributed by atoms with Gasteiger partial charge in [-0.3, -0.25) is 4.79 Å². The van der Waals surface area contributed by atoms with E-state index in [1.807, 2.05) is 12.1 Å². The molecule has 0 spiro atoms. The number of rotatable bonds is 11. The van der Waals surface area contributed by atoms with Crippen molar-refractivity contribution in [3.63, 3.8) is 0 Å². The zero-order valence-electron chi connectivity index (χ0n) is 14.2. The highest BCUT2D eigenvalue weighted by Crippen LogP contribution is 2.16. The summed E-state index contributed by atoms with van der Waals surface area (Å²) in [5, 5.41) is 0. The first-order valence-electron chi connectivity index (χ1n) is 8.78. The molecule has 0 aromatic heterocycles. The van der Waals surface area contributed by atoms with E-state index in [-0.39, 0.29) is 0 Å². The minimum absolute atomic E-state index is 0.302. The van der Waals surface area contributed by atoms with Gasteiger partial charge in [-0.05, 0) is 17.9 Å². The molecule has 1 aromatic carbocycles. The zero-order valence-corrected chi connectivity index (χ0v) is 14.2. The van der Waals surface area contributed by atoms with Crippen LogP contribution in [-0.2, 0) is 0 Å². The largest absolute Gasteiger partial charge is 0.294 e. The van der Waals surface area contributed by atoms with Gasteiger partial charge in [0.1, 0.15) is 0 Å². The SMILES string of the molecule is CCCCCCCCCCC(=O)c1ccc(C(C)C)cc1. The molecule has 0 unspecified atom stereocenters. The van der Waals surface area contributed by atoms with Gasteiger partial charge in [-0.15, -0.1) is 0 Å². The maximum absolute atomic E-state index is 12.1. The van der Waals surface area contributed by atoms with Gasteiger partial charge in [0.05, 0.1) is 0 Å². The number of ketones is 1. The van der Waals surface area contributed by atoms with Crippen LogP contribution >= 0.6 is 0 Å². The molecule has 0 atom stereocenters. The normalized spacial score (nSPS) is 11.0. The van der Waals surface area contributed by atoms with Gasteiger partial charge in [-0.1, -0.05) is 90.0 Å². The Kier molecular flexibility index (Phi) is 9.05. The van der Waals surface area contributed by atoms with E-state index < -0.39 is 0 Å². The van der Waals surface area contributed by atoms with Crippen LogP contribution in [0.2, 0.25) is 0 Å². The molecule has 1 nitrogen and oxygen atoms in total. The van der Waals surface area contributed by atoms with Gasteiger partial charge in [0, 0.05) is 12.0 Å². The molecule has 0 saturated carbocycles. The quantitative estimate of drug-likeness (QED) is 0.334. The Labute approximate surface area is 131 Å². The van der Waals surface area contributed by atoms with Crippen molar-refractivity contribution >= 4 is 5.78 Å². The summed E-state index contributed by atoms with van der Waals surface area (Å²) in [6, 6.07) is 8.15. The van der Waals surface area contributed by atoms with Gasteiger partial charge in [0.2, 0.25) is 0 Å². The zero-order chi connectivity index (χ0) is 15.5. The standard InChI is InChI=1S/C20H32O/c1-4-5-6-7-8-9-10-11-12-20(21)19-15-13-18(14-16-19)17(2)3/h13-17H,4-12H2,1-3H3. The number of hydrogen-bond donors (Lipinski definition) is 0. The van der Waals surface area contributed by atoms with Crippen molar-refractivity contribution in [2.75, 3.05) is 0 Å². The molecule has 0 aliphatic heterocycles. The molecule has 1 rings (SSSR count). The third-order valence-electron chi connectivity index (χ3n) is 4.16. The van der Waals surface area contributed by atoms with E-state index >= 15 is 0 Å². The Morgan fingerprint density at radius 3 is 1.90 bits per heavy atom. The summed E-state index contributed by atoms with van der Waals surface area (Å²) in [6.07, 6.45) is 11.0. The first-order valence-corrected chi connectivity index (χ1v) is 8.78. The summed E-state index contributed by atoms with van der Waals surface area (Å²) < 4.78 is 0. The molecule has 0 aliphatic carbocycles. The average molecular weight is 288 g/mol. The lowest BCUT2D eigenvalue weighted by molar-refractivity contribution is 0.0979. The van der Waals surface area contributed by atoms with Crippen LogP contribution in [0.1, 0.15) is 100 Å². The summed E-state index contributed by atoms with van der Waals surface area (Å²) >= 11 is 0. The maximum Gasteiger partial charge on any atom is 0.162 e. The highest BCUT2D eigenvalue weighted by molar-refractivity contribution is 5.96. The van der Waals surface area contributed by atoms with Gasteiger partial charge < -0.3 is 0 Å². The Hall–Kier alpha value is -1.11. The van der Waals surface area contributed by atoms with Crippen molar-refractivity contribution in [2.24, 2.45) is 0 Å². The molecule has 0 bridgehead atoms. The average Bonchev–Trinajstić information content (AvgIpc) is 2.49. The highest BCUT2D eigenvalue weighted by atomic mass is 16.1. The maximum atomic E-state index is 12.1. The summed E-state index contributed by atoms with van der Waals surface area (Å²) in [6.45, 7) is 6.61. The van der Waals surface area contributed by atoms with Crippen LogP contribution in [0.4, 0.5) is 0 Å². The smallest absolute Gasteiger partial charge is 0.162 e. The number of carbonyl (C=O) groups excluding carboxylic acids is 1. The Balaban J connectivity index is 2.16. The number of unbranched alkanes of at least 4 members (excludes halogenated alkanes) is 7.